The van der Waals surface area contributed by atoms with Crippen molar-refractivity contribution in [2.24, 2.45) is 0 Å². The van der Waals surface area contributed by atoms with Gasteiger partial charge in [0.1, 0.15) is 67.1 Å². The van der Waals surface area contributed by atoms with Gasteiger partial charge in [-0.2, -0.15) is 0 Å². The molecule has 3 saturated heterocycles. The summed E-state index contributed by atoms with van der Waals surface area (Å²) in [6, 6.07) is 3.75. The summed E-state index contributed by atoms with van der Waals surface area (Å²) in [5, 5.41) is 110. The maximum atomic E-state index is 12.7. The number of hydrogen-bond donors (Lipinski definition) is 11. The van der Waals surface area contributed by atoms with Crippen LogP contribution in [0.25, 0.3) is 6.08 Å². The number of benzene rings is 1. The van der Waals surface area contributed by atoms with Gasteiger partial charge in [0, 0.05) is 6.08 Å². The molecule has 0 aromatic heterocycles. The van der Waals surface area contributed by atoms with Crippen molar-refractivity contribution < 1.29 is 89.4 Å². The summed E-state index contributed by atoms with van der Waals surface area (Å²) >= 11 is 0. The van der Waals surface area contributed by atoms with Crippen molar-refractivity contribution in [3.05, 3.63) is 29.8 Å². The lowest BCUT2D eigenvalue weighted by molar-refractivity contribution is -0.329. The highest BCUT2D eigenvalue weighted by atomic mass is 16.7. The van der Waals surface area contributed by atoms with Crippen molar-refractivity contribution in [1.29, 1.82) is 0 Å². The highest BCUT2D eigenvalue weighted by molar-refractivity contribution is 5.87. The molecule has 11 N–H and O–H groups in total. The SMILES string of the molecule is O=C(C=Cc1ccc(O)c(O[C@H]2O[C@H](CO)[C@@H](O)[C@H](O)[C@H]2O)c1)O[C@H]1O[C@H](CO)[C@@H](O)[C@H](O)[C@H]1O[C@@H]1CO[C@H](O)[C@H](O)[C@H]1O. The zero-order chi connectivity index (χ0) is 32.3. The van der Waals surface area contributed by atoms with Crippen LogP contribution in [0.4, 0.5) is 0 Å². The van der Waals surface area contributed by atoms with Gasteiger partial charge < -0.3 is 84.6 Å². The molecule has 3 aliphatic rings. The number of hydrogen-bond acceptors (Lipinski definition) is 18. The molecule has 1 aromatic carbocycles. The van der Waals surface area contributed by atoms with Crippen LogP contribution in [0.5, 0.6) is 11.5 Å². The Labute approximate surface area is 249 Å². The number of phenolic OH excluding ortho intramolecular Hbond substituents is 1. The Morgan fingerprint density at radius 2 is 1.45 bits per heavy atom. The van der Waals surface area contributed by atoms with Crippen molar-refractivity contribution in [1.82, 2.24) is 0 Å². The van der Waals surface area contributed by atoms with E-state index in [1.807, 2.05) is 0 Å². The van der Waals surface area contributed by atoms with E-state index in [1.54, 1.807) is 0 Å². The molecule has 248 valence electrons. The third-order valence-electron chi connectivity index (χ3n) is 7.33. The van der Waals surface area contributed by atoms with Gasteiger partial charge in [-0.1, -0.05) is 6.07 Å². The molecule has 0 radical (unpaired) electrons. The minimum atomic E-state index is -1.81. The van der Waals surface area contributed by atoms with Gasteiger partial charge in [-0.25, -0.2) is 4.79 Å². The van der Waals surface area contributed by atoms with Crippen LogP contribution in [0.1, 0.15) is 5.56 Å². The fourth-order valence-corrected chi connectivity index (χ4v) is 4.73. The van der Waals surface area contributed by atoms with E-state index in [1.165, 1.54) is 24.3 Å². The summed E-state index contributed by atoms with van der Waals surface area (Å²) in [4.78, 5) is 12.7. The van der Waals surface area contributed by atoms with Crippen LogP contribution in [-0.2, 0) is 28.5 Å². The molecular formula is C26H36O18. The Bertz CT molecular complexity index is 1130. The first kappa shape index (κ1) is 34.3. The van der Waals surface area contributed by atoms with Crippen molar-refractivity contribution in [2.75, 3.05) is 19.8 Å². The standard InChI is InChI=1S/C26H36O18/c27-6-12-16(31)19(34)22(37)25(42-12)41-11-5-9(1-3-10(11)29)2-4-15(30)44-26-23(20(35)17(32)13(7-28)43-26)40-14-8-39-24(38)21(36)18(14)33/h1-5,12-14,16-29,31-38H,6-8H2/t12-,13-,14-,16-,17-,18+,19+,20+,21-,22-,23-,24+,25+,26-/m1/s1. The zero-order valence-corrected chi connectivity index (χ0v) is 22.9. The van der Waals surface area contributed by atoms with Crippen LogP contribution in [0.2, 0.25) is 0 Å². The molecule has 1 aromatic rings. The average molecular weight is 637 g/mol. The van der Waals surface area contributed by atoms with E-state index < -0.39 is 118 Å². The monoisotopic (exact) mass is 636 g/mol. The quantitative estimate of drug-likeness (QED) is 0.0889. The van der Waals surface area contributed by atoms with Gasteiger partial charge in [-0.05, 0) is 23.8 Å². The van der Waals surface area contributed by atoms with E-state index >= 15 is 0 Å². The summed E-state index contributed by atoms with van der Waals surface area (Å²) < 4.78 is 31.8. The number of aromatic hydroxyl groups is 1. The molecule has 0 aliphatic carbocycles. The summed E-state index contributed by atoms with van der Waals surface area (Å²) in [5.74, 6) is -1.77. The van der Waals surface area contributed by atoms with Crippen LogP contribution < -0.4 is 4.74 Å². The van der Waals surface area contributed by atoms with E-state index in [2.05, 4.69) is 0 Å². The molecule has 18 heteroatoms. The Balaban J connectivity index is 1.45. The summed E-state index contributed by atoms with van der Waals surface area (Å²) in [6.45, 7) is -1.93. The normalized spacial score (nSPS) is 41.4. The van der Waals surface area contributed by atoms with Gasteiger partial charge in [-0.15, -0.1) is 0 Å². The van der Waals surface area contributed by atoms with Crippen molar-refractivity contribution in [3.8, 4) is 11.5 Å². The van der Waals surface area contributed by atoms with E-state index in [-0.39, 0.29) is 11.3 Å². The number of carbonyl (C=O) groups excluding carboxylic acids is 1. The first-order chi connectivity index (χ1) is 20.9. The lowest BCUT2D eigenvalue weighted by Crippen LogP contribution is -2.63. The topological polar surface area (TPSA) is 295 Å². The molecule has 18 nitrogen and oxygen atoms in total. The van der Waals surface area contributed by atoms with E-state index in [0.717, 1.165) is 6.08 Å². The molecule has 3 heterocycles. The van der Waals surface area contributed by atoms with Crippen molar-refractivity contribution >= 4 is 12.0 Å². The maximum absolute atomic E-state index is 12.7. The first-order valence-corrected chi connectivity index (χ1v) is 13.5. The number of esters is 1. The predicted octanol–water partition coefficient (Wildman–Crippen LogP) is -5.61. The van der Waals surface area contributed by atoms with Crippen LogP contribution >= 0.6 is 0 Å². The second kappa shape index (κ2) is 14.7. The van der Waals surface area contributed by atoms with Gasteiger partial charge in [0.2, 0.25) is 12.6 Å². The number of phenols is 1. The molecule has 0 bridgehead atoms. The molecule has 14 atom stereocenters. The van der Waals surface area contributed by atoms with Crippen LogP contribution in [-0.4, -0.2) is 168 Å². The van der Waals surface area contributed by atoms with Crippen molar-refractivity contribution in [2.45, 2.75) is 86.0 Å². The number of aliphatic hydroxyl groups is 10. The minimum absolute atomic E-state index is 0.232. The van der Waals surface area contributed by atoms with E-state index in [4.69, 9.17) is 28.4 Å². The van der Waals surface area contributed by atoms with Crippen molar-refractivity contribution in [3.63, 3.8) is 0 Å². The Kier molecular flexibility index (Phi) is 11.5. The van der Waals surface area contributed by atoms with Crippen LogP contribution in [0, 0.1) is 0 Å². The smallest absolute Gasteiger partial charge is 0.333 e. The third kappa shape index (κ3) is 7.46. The fourth-order valence-electron chi connectivity index (χ4n) is 4.73. The van der Waals surface area contributed by atoms with Crippen LogP contribution in [0.15, 0.2) is 24.3 Å². The number of aliphatic hydroxyl groups excluding tert-OH is 10. The lowest BCUT2D eigenvalue weighted by atomic mass is 9.98. The summed E-state index contributed by atoms with van der Waals surface area (Å²) in [5.41, 5.74) is 0.232. The minimum Gasteiger partial charge on any atom is -0.504 e. The van der Waals surface area contributed by atoms with Gasteiger partial charge in [0.05, 0.1) is 19.8 Å². The number of ether oxygens (including phenoxy) is 6. The Morgan fingerprint density at radius 3 is 2.11 bits per heavy atom. The highest BCUT2D eigenvalue weighted by Gasteiger charge is 2.50. The molecule has 4 rings (SSSR count). The van der Waals surface area contributed by atoms with Gasteiger partial charge in [0.25, 0.3) is 0 Å². The molecule has 0 amide bonds. The number of rotatable bonds is 9. The Hall–Kier alpha value is -2.53. The summed E-state index contributed by atoms with van der Waals surface area (Å²) in [7, 11) is 0. The van der Waals surface area contributed by atoms with E-state index in [0.29, 0.717) is 0 Å². The third-order valence-corrected chi connectivity index (χ3v) is 7.33. The lowest BCUT2D eigenvalue weighted by Gasteiger charge is -2.44. The molecule has 0 spiro atoms. The molecule has 3 aliphatic heterocycles. The molecule has 3 fully saturated rings. The largest absolute Gasteiger partial charge is 0.504 e. The zero-order valence-electron chi connectivity index (χ0n) is 22.9. The first-order valence-electron chi connectivity index (χ1n) is 13.5. The summed E-state index contributed by atoms with van der Waals surface area (Å²) in [6.07, 6.45) is -20.7. The average Bonchev–Trinajstić information content (AvgIpc) is 3.01. The van der Waals surface area contributed by atoms with Gasteiger partial charge >= 0.3 is 5.97 Å². The van der Waals surface area contributed by atoms with Crippen LogP contribution in [0.3, 0.4) is 0 Å². The Morgan fingerprint density at radius 1 is 0.818 bits per heavy atom. The van der Waals surface area contributed by atoms with Gasteiger partial charge in [-0.3, -0.25) is 0 Å². The number of carbonyl (C=O) groups is 1. The molecule has 0 saturated carbocycles. The molecule has 0 unspecified atom stereocenters. The van der Waals surface area contributed by atoms with E-state index in [9.17, 15) is 61.0 Å². The maximum Gasteiger partial charge on any atom is 0.333 e. The fraction of sp³-hybridized carbons (Fsp3) is 0.654. The second-order valence-corrected chi connectivity index (χ2v) is 10.4. The predicted molar refractivity (Wildman–Crippen MR) is 138 cm³/mol. The molecular weight excluding hydrogens is 600 g/mol. The van der Waals surface area contributed by atoms with Gasteiger partial charge in [0.15, 0.2) is 17.8 Å². The second-order valence-electron chi connectivity index (χ2n) is 10.4. The molecule has 44 heavy (non-hydrogen) atoms. The highest BCUT2D eigenvalue weighted by Crippen LogP contribution is 2.32.